The fourth-order valence-corrected chi connectivity index (χ4v) is 6.53. The molecule has 3 aliphatic rings. The van der Waals surface area contributed by atoms with Crippen LogP contribution in [0, 0.1) is 22.6 Å². The van der Waals surface area contributed by atoms with Gasteiger partial charge in [0.1, 0.15) is 17.4 Å². The molecule has 0 radical (unpaired) electrons. The summed E-state index contributed by atoms with van der Waals surface area (Å²) in [4.78, 5) is 17.9. The Hall–Kier alpha value is -3.17. The lowest BCUT2D eigenvalue weighted by atomic mass is 9.60. The molecule has 2 aromatic carbocycles. The zero-order chi connectivity index (χ0) is 26.3. The normalized spacial score (nSPS) is 19.6. The van der Waals surface area contributed by atoms with Crippen molar-refractivity contribution in [1.29, 1.82) is 5.26 Å². The van der Waals surface area contributed by atoms with Crippen LogP contribution in [-0.4, -0.2) is 53.2 Å². The van der Waals surface area contributed by atoms with E-state index in [0.717, 1.165) is 51.9 Å². The molecule has 1 aromatic heterocycles. The predicted molar refractivity (Wildman–Crippen MR) is 144 cm³/mol. The van der Waals surface area contributed by atoms with E-state index in [9.17, 15) is 14.4 Å². The SMILES string of the molecule is COC1CN(SNc2ccc(F)c(Oc3ccc4ncn(C5CC6(CCNCC6)C5)c(=O)c4c3)c2C#N)C1. The second kappa shape index (κ2) is 10.2. The van der Waals surface area contributed by atoms with E-state index in [1.807, 2.05) is 4.31 Å². The molecule has 3 aromatic rings. The van der Waals surface area contributed by atoms with E-state index in [1.54, 1.807) is 36.2 Å². The third kappa shape index (κ3) is 4.62. The number of anilines is 1. The first-order chi connectivity index (χ1) is 18.5. The first kappa shape index (κ1) is 25.1. The summed E-state index contributed by atoms with van der Waals surface area (Å²) < 4.78 is 32.9. The van der Waals surface area contributed by atoms with Crippen molar-refractivity contribution < 1.29 is 13.9 Å². The summed E-state index contributed by atoms with van der Waals surface area (Å²) in [5.74, 6) is -0.582. The van der Waals surface area contributed by atoms with Gasteiger partial charge >= 0.3 is 0 Å². The summed E-state index contributed by atoms with van der Waals surface area (Å²) >= 11 is 1.33. The first-order valence-electron chi connectivity index (χ1n) is 12.8. The van der Waals surface area contributed by atoms with Crippen molar-refractivity contribution in [2.75, 3.05) is 38.0 Å². The summed E-state index contributed by atoms with van der Waals surface area (Å²) in [6.45, 7) is 3.56. The minimum absolute atomic E-state index is 0.0479. The molecule has 0 amide bonds. The van der Waals surface area contributed by atoms with Crippen molar-refractivity contribution in [3.8, 4) is 17.6 Å². The number of fused-ring (bicyclic) bond motifs is 1. The van der Waals surface area contributed by atoms with Gasteiger partial charge in [-0.1, -0.05) is 0 Å². The van der Waals surface area contributed by atoms with E-state index >= 15 is 0 Å². The summed E-state index contributed by atoms with van der Waals surface area (Å²) in [5, 5.41) is 13.6. The molecule has 11 heteroatoms. The van der Waals surface area contributed by atoms with Crippen LogP contribution in [0.4, 0.5) is 10.1 Å². The molecule has 2 aliphatic heterocycles. The third-order valence-corrected chi connectivity index (χ3v) is 8.89. The Morgan fingerprint density at radius 1 is 1.24 bits per heavy atom. The van der Waals surface area contributed by atoms with Gasteiger partial charge in [-0.2, -0.15) is 5.26 Å². The molecule has 1 spiro atoms. The second-order valence-electron chi connectivity index (χ2n) is 10.4. The van der Waals surface area contributed by atoms with Crippen molar-refractivity contribution in [3.05, 3.63) is 58.4 Å². The Kier molecular flexibility index (Phi) is 6.74. The van der Waals surface area contributed by atoms with Crippen LogP contribution in [0.2, 0.25) is 0 Å². The number of halogens is 1. The van der Waals surface area contributed by atoms with Gasteiger partial charge in [0.25, 0.3) is 5.56 Å². The molecular weight excluding hydrogens is 507 g/mol. The lowest BCUT2D eigenvalue weighted by Gasteiger charge is -2.50. The fraction of sp³-hybridized carbons (Fsp3) is 0.444. The molecule has 9 nitrogen and oxygen atoms in total. The smallest absolute Gasteiger partial charge is 0.261 e. The van der Waals surface area contributed by atoms with Gasteiger partial charge in [0.15, 0.2) is 11.6 Å². The van der Waals surface area contributed by atoms with E-state index in [1.165, 1.54) is 24.3 Å². The van der Waals surface area contributed by atoms with Crippen molar-refractivity contribution >= 4 is 28.7 Å². The highest BCUT2D eigenvalue weighted by molar-refractivity contribution is 7.98. The highest BCUT2D eigenvalue weighted by atomic mass is 32.2. The van der Waals surface area contributed by atoms with Gasteiger partial charge in [0.2, 0.25) is 0 Å². The number of rotatable bonds is 7. The van der Waals surface area contributed by atoms with Gasteiger partial charge in [-0.25, -0.2) is 13.7 Å². The number of nitriles is 1. The standard InChI is InChI=1S/C27H29FN6O3S/c1-36-19-14-33(15-19)38-32-24-5-3-22(28)25(21(24)13-29)37-18-2-4-23-20(10-18)26(35)34(16-31-23)17-11-27(12-17)6-8-30-9-7-27/h2-5,10,16-17,19,30,32H,6-9,11-12,14-15H2,1H3. The van der Waals surface area contributed by atoms with Gasteiger partial charge in [-0.05, 0) is 74.5 Å². The molecule has 3 fully saturated rings. The zero-order valence-electron chi connectivity index (χ0n) is 21.1. The quantitative estimate of drug-likeness (QED) is 0.430. The maximum Gasteiger partial charge on any atom is 0.261 e. The fourth-order valence-electron chi connectivity index (χ4n) is 5.65. The number of ether oxygens (including phenoxy) is 2. The van der Waals surface area contributed by atoms with Crippen molar-refractivity contribution in [3.63, 3.8) is 0 Å². The van der Waals surface area contributed by atoms with Crippen LogP contribution in [0.1, 0.15) is 37.3 Å². The maximum atomic E-state index is 14.8. The molecule has 0 atom stereocenters. The van der Waals surface area contributed by atoms with Crippen molar-refractivity contribution in [1.82, 2.24) is 19.2 Å². The average molecular weight is 537 g/mol. The van der Waals surface area contributed by atoms with Gasteiger partial charge in [0, 0.05) is 38.4 Å². The summed E-state index contributed by atoms with van der Waals surface area (Å²) in [5.41, 5.74) is 1.24. The summed E-state index contributed by atoms with van der Waals surface area (Å²) in [7, 11) is 1.67. The maximum absolute atomic E-state index is 14.8. The van der Waals surface area contributed by atoms with Crippen LogP contribution < -0.4 is 20.3 Å². The highest BCUT2D eigenvalue weighted by Crippen LogP contribution is 2.53. The Balaban J connectivity index is 1.23. The number of benzene rings is 2. The van der Waals surface area contributed by atoms with Gasteiger partial charge in [0.05, 0.1) is 29.0 Å². The topological polar surface area (TPSA) is 104 Å². The number of piperidine rings is 1. The number of aromatic nitrogens is 2. The Morgan fingerprint density at radius 3 is 2.76 bits per heavy atom. The average Bonchev–Trinajstić information content (AvgIpc) is 2.89. The minimum Gasteiger partial charge on any atom is -0.453 e. The summed E-state index contributed by atoms with van der Waals surface area (Å²) in [6.07, 6.45) is 6.07. The molecule has 3 heterocycles. The van der Waals surface area contributed by atoms with Gasteiger partial charge in [-0.15, -0.1) is 0 Å². The number of nitrogens with zero attached hydrogens (tertiary/aromatic N) is 4. The number of nitrogens with one attached hydrogen (secondary N) is 2. The lowest BCUT2D eigenvalue weighted by molar-refractivity contribution is 0.0176. The Labute approximate surface area is 224 Å². The van der Waals surface area contributed by atoms with Crippen LogP contribution in [0.15, 0.2) is 41.5 Å². The molecule has 38 heavy (non-hydrogen) atoms. The molecule has 1 aliphatic carbocycles. The van der Waals surface area contributed by atoms with E-state index < -0.39 is 5.82 Å². The predicted octanol–water partition coefficient (Wildman–Crippen LogP) is 4.21. The minimum atomic E-state index is -0.661. The van der Waals surface area contributed by atoms with E-state index in [0.29, 0.717) is 22.0 Å². The van der Waals surface area contributed by atoms with Crippen molar-refractivity contribution in [2.24, 2.45) is 5.41 Å². The van der Waals surface area contributed by atoms with Gasteiger partial charge in [-0.3, -0.25) is 9.36 Å². The van der Waals surface area contributed by atoms with Crippen LogP contribution in [-0.2, 0) is 4.74 Å². The molecule has 1 saturated carbocycles. The van der Waals surface area contributed by atoms with E-state index in [4.69, 9.17) is 9.47 Å². The van der Waals surface area contributed by atoms with Crippen LogP contribution in [0.5, 0.6) is 11.5 Å². The van der Waals surface area contributed by atoms with Crippen LogP contribution in [0.3, 0.4) is 0 Å². The van der Waals surface area contributed by atoms with Gasteiger partial charge < -0.3 is 19.5 Å². The number of hydrogen-bond acceptors (Lipinski definition) is 9. The monoisotopic (exact) mass is 536 g/mol. The lowest BCUT2D eigenvalue weighted by Crippen LogP contribution is -2.48. The number of hydrogen-bond donors (Lipinski definition) is 2. The van der Waals surface area contributed by atoms with E-state index in [-0.39, 0.29) is 34.8 Å². The highest BCUT2D eigenvalue weighted by Gasteiger charge is 2.45. The second-order valence-corrected chi connectivity index (χ2v) is 11.3. The molecule has 198 valence electrons. The molecule has 0 unspecified atom stereocenters. The first-order valence-corrected chi connectivity index (χ1v) is 13.6. The van der Waals surface area contributed by atoms with Crippen LogP contribution >= 0.6 is 12.1 Å². The number of methoxy groups -OCH3 is 1. The van der Waals surface area contributed by atoms with E-state index in [2.05, 4.69) is 21.1 Å². The van der Waals surface area contributed by atoms with Crippen molar-refractivity contribution in [2.45, 2.75) is 37.8 Å². The third-order valence-electron chi connectivity index (χ3n) is 8.02. The summed E-state index contributed by atoms with van der Waals surface area (Å²) in [6, 6.07) is 9.86. The Morgan fingerprint density at radius 2 is 2.03 bits per heavy atom. The zero-order valence-corrected chi connectivity index (χ0v) is 21.9. The molecule has 6 rings (SSSR count). The largest absolute Gasteiger partial charge is 0.453 e. The molecular formula is C27H29FN6O3S. The molecule has 0 bridgehead atoms. The molecule has 2 N–H and O–H groups in total. The molecule has 2 saturated heterocycles. The van der Waals surface area contributed by atoms with Crippen LogP contribution in [0.25, 0.3) is 10.9 Å². The Bertz CT molecular complexity index is 1450.